The van der Waals surface area contributed by atoms with E-state index in [0.717, 1.165) is 24.6 Å². The highest BCUT2D eigenvalue weighted by Crippen LogP contribution is 2.28. The van der Waals surface area contributed by atoms with E-state index in [2.05, 4.69) is 41.3 Å². The lowest BCUT2D eigenvalue weighted by atomic mass is 10.2. The van der Waals surface area contributed by atoms with Crippen molar-refractivity contribution in [2.75, 3.05) is 12.4 Å². The van der Waals surface area contributed by atoms with E-state index in [1.807, 2.05) is 12.1 Å². The van der Waals surface area contributed by atoms with Crippen LogP contribution in [0.1, 0.15) is 19.3 Å². The van der Waals surface area contributed by atoms with Gasteiger partial charge in [-0.1, -0.05) is 6.07 Å². The Kier molecular flexibility index (Phi) is 4.63. The first kappa shape index (κ1) is 18.4. The van der Waals surface area contributed by atoms with Crippen LogP contribution in [-0.4, -0.2) is 44.0 Å². The molecule has 1 aliphatic carbocycles. The van der Waals surface area contributed by atoms with Crippen LogP contribution >= 0.6 is 15.9 Å². The number of halogens is 2. The zero-order valence-corrected chi connectivity index (χ0v) is 17.2. The molecule has 1 aliphatic rings. The molecule has 29 heavy (non-hydrogen) atoms. The van der Waals surface area contributed by atoms with Gasteiger partial charge in [-0.3, -0.25) is 4.98 Å². The van der Waals surface area contributed by atoms with Crippen LogP contribution < -0.4 is 5.32 Å². The molecule has 1 unspecified atom stereocenters. The van der Waals surface area contributed by atoms with Crippen molar-refractivity contribution in [2.45, 2.75) is 31.4 Å². The van der Waals surface area contributed by atoms with Crippen LogP contribution in [0.15, 0.2) is 41.3 Å². The molecule has 9 heteroatoms. The summed E-state index contributed by atoms with van der Waals surface area (Å²) in [6.45, 7) is 0. The summed E-state index contributed by atoms with van der Waals surface area (Å²) in [7, 11) is 1.74. The molecule has 0 aliphatic heterocycles. The molecule has 0 saturated heterocycles. The fraction of sp³-hybridized carbons (Fsp3) is 0.300. The first-order chi connectivity index (χ1) is 14.1. The topological polar surface area (TPSA) is 77.8 Å². The van der Waals surface area contributed by atoms with Crippen LogP contribution in [0.3, 0.4) is 0 Å². The second-order valence-electron chi connectivity index (χ2n) is 7.15. The lowest BCUT2D eigenvalue weighted by Crippen LogP contribution is -2.19. The monoisotopic (exact) mass is 456 g/mol. The average molecular weight is 457 g/mol. The van der Waals surface area contributed by atoms with E-state index in [1.54, 1.807) is 30.3 Å². The molecule has 1 fully saturated rings. The van der Waals surface area contributed by atoms with Crippen molar-refractivity contribution >= 4 is 43.8 Å². The number of hydrogen-bond acceptors (Lipinski definition) is 6. The Morgan fingerprint density at radius 1 is 1.28 bits per heavy atom. The molecule has 0 amide bonds. The maximum atomic E-state index is 14.6. The van der Waals surface area contributed by atoms with Crippen LogP contribution in [0.2, 0.25) is 0 Å². The molecule has 0 spiro atoms. The lowest BCUT2D eigenvalue weighted by Gasteiger charge is -2.13. The minimum absolute atomic E-state index is 0.265. The summed E-state index contributed by atoms with van der Waals surface area (Å²) in [6.07, 6.45) is 6.51. The van der Waals surface area contributed by atoms with E-state index in [-0.39, 0.29) is 12.1 Å². The SMILES string of the molecule is COC1CC[C@@H](Nc2ncc3c(Br)nn(-c4cc(F)c5ncccc5c4)c3n2)C1. The van der Waals surface area contributed by atoms with Gasteiger partial charge in [-0.05, 0) is 47.3 Å². The van der Waals surface area contributed by atoms with Gasteiger partial charge in [0.05, 0.1) is 17.2 Å². The third kappa shape index (κ3) is 3.34. The van der Waals surface area contributed by atoms with Gasteiger partial charge in [0.1, 0.15) is 10.1 Å². The fourth-order valence-corrected chi connectivity index (χ4v) is 4.28. The first-order valence-corrected chi connectivity index (χ1v) is 10.2. The summed E-state index contributed by atoms with van der Waals surface area (Å²) in [4.78, 5) is 13.2. The minimum Gasteiger partial charge on any atom is -0.381 e. The van der Waals surface area contributed by atoms with E-state index in [9.17, 15) is 4.39 Å². The number of ether oxygens (including phenoxy) is 1. The molecule has 5 rings (SSSR count). The van der Waals surface area contributed by atoms with Crippen LogP contribution in [0, 0.1) is 5.82 Å². The Balaban J connectivity index is 1.56. The van der Waals surface area contributed by atoms with Gasteiger partial charge in [0.15, 0.2) is 11.5 Å². The van der Waals surface area contributed by atoms with E-state index >= 15 is 0 Å². The Hall–Kier alpha value is -2.65. The predicted octanol–water partition coefficient (Wildman–Crippen LogP) is 4.24. The van der Waals surface area contributed by atoms with Gasteiger partial charge in [0.2, 0.25) is 5.95 Å². The van der Waals surface area contributed by atoms with E-state index in [4.69, 9.17) is 4.74 Å². The number of hydrogen-bond donors (Lipinski definition) is 1. The number of methoxy groups -OCH3 is 1. The van der Waals surface area contributed by atoms with Gasteiger partial charge in [-0.25, -0.2) is 14.1 Å². The van der Waals surface area contributed by atoms with Crippen molar-refractivity contribution in [2.24, 2.45) is 0 Å². The van der Waals surface area contributed by atoms with Crippen LogP contribution in [0.25, 0.3) is 27.6 Å². The number of nitrogens with zero attached hydrogens (tertiary/aromatic N) is 5. The fourth-order valence-electron chi connectivity index (χ4n) is 3.84. The Morgan fingerprint density at radius 2 is 2.17 bits per heavy atom. The predicted molar refractivity (Wildman–Crippen MR) is 112 cm³/mol. The molecule has 1 saturated carbocycles. The maximum Gasteiger partial charge on any atom is 0.224 e. The van der Waals surface area contributed by atoms with Crippen molar-refractivity contribution in [1.29, 1.82) is 0 Å². The van der Waals surface area contributed by atoms with E-state index in [1.165, 1.54) is 6.07 Å². The second-order valence-corrected chi connectivity index (χ2v) is 7.90. The second kappa shape index (κ2) is 7.31. The number of benzene rings is 1. The smallest absolute Gasteiger partial charge is 0.224 e. The molecular weight excluding hydrogens is 439 g/mol. The molecule has 1 aromatic carbocycles. The molecule has 3 aromatic heterocycles. The van der Waals surface area contributed by atoms with Crippen molar-refractivity contribution in [3.05, 3.63) is 47.1 Å². The highest BCUT2D eigenvalue weighted by atomic mass is 79.9. The number of nitrogens with one attached hydrogen (secondary N) is 1. The zero-order valence-electron chi connectivity index (χ0n) is 15.6. The van der Waals surface area contributed by atoms with Gasteiger partial charge in [-0.15, -0.1) is 0 Å². The molecular formula is C20H18BrFN6O. The van der Waals surface area contributed by atoms with Gasteiger partial charge in [-0.2, -0.15) is 10.1 Å². The Bertz CT molecular complexity index is 1210. The summed E-state index contributed by atoms with van der Waals surface area (Å²) < 4.78 is 22.2. The number of aromatic nitrogens is 5. The van der Waals surface area contributed by atoms with Gasteiger partial charge < -0.3 is 10.1 Å². The summed E-state index contributed by atoms with van der Waals surface area (Å²) in [5.41, 5.74) is 1.50. The van der Waals surface area contributed by atoms with E-state index in [0.29, 0.717) is 32.8 Å². The molecule has 2 atom stereocenters. The van der Waals surface area contributed by atoms with Crippen molar-refractivity contribution in [3.8, 4) is 5.69 Å². The maximum absolute atomic E-state index is 14.6. The minimum atomic E-state index is -0.401. The van der Waals surface area contributed by atoms with Crippen LogP contribution in [0.5, 0.6) is 0 Å². The van der Waals surface area contributed by atoms with Gasteiger partial charge in [0, 0.05) is 37.0 Å². The van der Waals surface area contributed by atoms with E-state index < -0.39 is 5.82 Å². The normalized spacial score (nSPS) is 19.3. The molecule has 4 aromatic rings. The van der Waals surface area contributed by atoms with Crippen LogP contribution in [0.4, 0.5) is 10.3 Å². The third-order valence-corrected chi connectivity index (χ3v) is 5.90. The number of fused-ring (bicyclic) bond motifs is 2. The molecule has 1 N–H and O–H groups in total. The van der Waals surface area contributed by atoms with Crippen molar-refractivity contribution < 1.29 is 9.13 Å². The van der Waals surface area contributed by atoms with Crippen molar-refractivity contribution in [3.63, 3.8) is 0 Å². The van der Waals surface area contributed by atoms with Crippen LogP contribution in [-0.2, 0) is 4.74 Å². The first-order valence-electron chi connectivity index (χ1n) is 9.37. The summed E-state index contributed by atoms with van der Waals surface area (Å²) in [6, 6.07) is 7.14. The molecule has 0 radical (unpaired) electrons. The average Bonchev–Trinajstić information content (AvgIpc) is 3.32. The Morgan fingerprint density at radius 3 is 3.00 bits per heavy atom. The number of pyridine rings is 1. The molecule has 3 heterocycles. The standard InChI is InChI=1S/C20H18BrFN6O/c1-29-14-5-4-12(8-14)25-20-24-10-15-18(21)27-28(19(15)26-20)13-7-11-3-2-6-23-17(11)16(22)9-13/h2-3,6-7,9-10,12,14H,4-5,8H2,1H3,(H,24,25,26)/t12-,14?/m1/s1. The molecule has 7 nitrogen and oxygen atoms in total. The molecule has 148 valence electrons. The lowest BCUT2D eigenvalue weighted by molar-refractivity contribution is 0.108. The number of rotatable bonds is 4. The highest BCUT2D eigenvalue weighted by molar-refractivity contribution is 9.10. The highest BCUT2D eigenvalue weighted by Gasteiger charge is 2.25. The van der Waals surface area contributed by atoms with Gasteiger partial charge >= 0.3 is 0 Å². The quantitative estimate of drug-likeness (QED) is 0.494. The molecule has 0 bridgehead atoms. The number of anilines is 1. The summed E-state index contributed by atoms with van der Waals surface area (Å²) in [5, 5.41) is 9.34. The third-order valence-electron chi connectivity index (χ3n) is 5.32. The zero-order chi connectivity index (χ0) is 20.0. The summed E-state index contributed by atoms with van der Waals surface area (Å²) >= 11 is 3.46. The largest absolute Gasteiger partial charge is 0.381 e. The van der Waals surface area contributed by atoms with Crippen molar-refractivity contribution in [1.82, 2.24) is 24.7 Å². The summed E-state index contributed by atoms with van der Waals surface area (Å²) in [5.74, 6) is 0.123. The Labute approximate surface area is 174 Å². The van der Waals surface area contributed by atoms with Gasteiger partial charge in [0.25, 0.3) is 0 Å².